The third-order valence-electron chi connectivity index (χ3n) is 4.78. The maximum atomic E-state index is 6.12. The lowest BCUT2D eigenvalue weighted by atomic mass is 9.93. The summed E-state index contributed by atoms with van der Waals surface area (Å²) in [4.78, 5) is 2.49. The van der Waals surface area contributed by atoms with Crippen molar-refractivity contribution in [2.24, 2.45) is 0 Å². The van der Waals surface area contributed by atoms with E-state index < -0.39 is 0 Å². The summed E-state index contributed by atoms with van der Waals surface area (Å²) in [6.07, 6.45) is 6.84. The van der Waals surface area contributed by atoms with Gasteiger partial charge in [0.1, 0.15) is 0 Å². The van der Waals surface area contributed by atoms with Crippen molar-refractivity contribution in [3.63, 3.8) is 0 Å². The number of nitrogens with one attached hydrogen (secondary N) is 1. The van der Waals surface area contributed by atoms with Crippen LogP contribution in [0.4, 0.5) is 0 Å². The van der Waals surface area contributed by atoms with Gasteiger partial charge in [-0.2, -0.15) is 0 Å². The van der Waals surface area contributed by atoms with Gasteiger partial charge in [0, 0.05) is 25.2 Å². The van der Waals surface area contributed by atoms with E-state index in [1.54, 1.807) is 0 Å². The number of hydrogen-bond donors (Lipinski definition) is 1. The van der Waals surface area contributed by atoms with Crippen molar-refractivity contribution < 1.29 is 9.47 Å². The van der Waals surface area contributed by atoms with Crippen LogP contribution in [0, 0.1) is 0 Å². The van der Waals surface area contributed by atoms with Crippen LogP contribution in [0.3, 0.4) is 0 Å². The molecule has 0 spiro atoms. The number of nitrogens with zero attached hydrogens (tertiary/aromatic N) is 1. The van der Waals surface area contributed by atoms with Gasteiger partial charge >= 0.3 is 0 Å². The predicted molar refractivity (Wildman–Crippen MR) is 86.7 cm³/mol. The summed E-state index contributed by atoms with van der Waals surface area (Å²) < 4.78 is 12.0. The summed E-state index contributed by atoms with van der Waals surface area (Å²) in [6.45, 7) is 11.6. The van der Waals surface area contributed by atoms with Crippen LogP contribution >= 0.6 is 0 Å². The molecule has 0 aromatic carbocycles. The Bertz CT molecular complexity index is 278. The van der Waals surface area contributed by atoms with Gasteiger partial charge in [0.2, 0.25) is 0 Å². The van der Waals surface area contributed by atoms with Gasteiger partial charge in [-0.15, -0.1) is 0 Å². The van der Waals surface area contributed by atoms with E-state index in [2.05, 4.69) is 31.0 Å². The van der Waals surface area contributed by atoms with Crippen molar-refractivity contribution in [2.75, 3.05) is 32.8 Å². The van der Waals surface area contributed by atoms with Crippen LogP contribution in [0.5, 0.6) is 0 Å². The Morgan fingerprint density at radius 1 is 1.24 bits per heavy atom. The molecular formula is C17H34N2O2. The zero-order valence-electron chi connectivity index (χ0n) is 14.1. The third-order valence-corrected chi connectivity index (χ3v) is 4.78. The SMILES string of the molecule is CCCNC1CCC(OCC2CN(C(C)C)CCO2)CC1. The van der Waals surface area contributed by atoms with Gasteiger partial charge in [0.05, 0.1) is 25.4 Å². The Kier molecular flexibility index (Phi) is 7.44. The monoisotopic (exact) mass is 298 g/mol. The fourth-order valence-corrected chi connectivity index (χ4v) is 3.34. The lowest BCUT2D eigenvalue weighted by Crippen LogP contribution is -2.47. The molecule has 1 heterocycles. The van der Waals surface area contributed by atoms with Crippen molar-refractivity contribution in [2.45, 2.75) is 77.2 Å². The van der Waals surface area contributed by atoms with Crippen LogP contribution in [0.2, 0.25) is 0 Å². The van der Waals surface area contributed by atoms with Crippen molar-refractivity contribution in [1.29, 1.82) is 0 Å². The second kappa shape index (κ2) is 9.09. The number of ether oxygens (including phenoxy) is 2. The van der Waals surface area contributed by atoms with E-state index in [0.29, 0.717) is 18.2 Å². The van der Waals surface area contributed by atoms with Crippen LogP contribution in [0.15, 0.2) is 0 Å². The molecule has 2 aliphatic rings. The first kappa shape index (κ1) is 17.2. The molecule has 1 atom stereocenters. The Morgan fingerprint density at radius 2 is 2.00 bits per heavy atom. The summed E-state index contributed by atoms with van der Waals surface area (Å²) in [5.74, 6) is 0. The lowest BCUT2D eigenvalue weighted by Gasteiger charge is -2.36. The average molecular weight is 298 g/mol. The number of rotatable bonds is 7. The first-order valence-electron chi connectivity index (χ1n) is 8.89. The summed E-state index contributed by atoms with van der Waals surface area (Å²) in [5, 5.41) is 3.63. The molecule has 0 bridgehead atoms. The predicted octanol–water partition coefficient (Wildman–Crippen LogP) is 2.42. The first-order valence-corrected chi connectivity index (χ1v) is 8.89. The minimum absolute atomic E-state index is 0.261. The number of morpholine rings is 1. The molecule has 124 valence electrons. The highest BCUT2D eigenvalue weighted by molar-refractivity contribution is 4.79. The standard InChI is InChI=1S/C17H34N2O2/c1-4-9-18-15-5-7-16(8-6-15)21-13-17-12-19(14(2)3)10-11-20-17/h14-18H,4-13H2,1-3H3. The van der Waals surface area contributed by atoms with E-state index in [0.717, 1.165) is 32.8 Å². The van der Waals surface area contributed by atoms with Gasteiger partial charge in [0.25, 0.3) is 0 Å². The molecule has 21 heavy (non-hydrogen) atoms. The smallest absolute Gasteiger partial charge is 0.0935 e. The summed E-state index contributed by atoms with van der Waals surface area (Å²) in [6, 6.07) is 1.32. The zero-order chi connectivity index (χ0) is 15.1. The lowest BCUT2D eigenvalue weighted by molar-refractivity contribution is -0.0959. The highest BCUT2D eigenvalue weighted by atomic mass is 16.5. The molecule has 1 aliphatic carbocycles. The average Bonchev–Trinajstić information content (AvgIpc) is 2.52. The van der Waals surface area contributed by atoms with Gasteiger partial charge in [-0.05, 0) is 52.5 Å². The Balaban J connectivity index is 1.61. The highest BCUT2D eigenvalue weighted by Gasteiger charge is 2.25. The van der Waals surface area contributed by atoms with E-state index in [1.807, 2.05) is 0 Å². The van der Waals surface area contributed by atoms with E-state index in [-0.39, 0.29) is 6.10 Å². The molecule has 1 N–H and O–H groups in total. The minimum Gasteiger partial charge on any atom is -0.375 e. The topological polar surface area (TPSA) is 33.7 Å². The van der Waals surface area contributed by atoms with Gasteiger partial charge in [-0.3, -0.25) is 4.90 Å². The molecule has 1 aliphatic heterocycles. The van der Waals surface area contributed by atoms with E-state index in [1.165, 1.54) is 32.1 Å². The van der Waals surface area contributed by atoms with Crippen LogP contribution in [0.1, 0.15) is 52.9 Å². The molecule has 2 rings (SSSR count). The van der Waals surface area contributed by atoms with Crippen molar-refractivity contribution in [3.8, 4) is 0 Å². The molecule has 0 aromatic rings. The van der Waals surface area contributed by atoms with Crippen LogP contribution in [0.25, 0.3) is 0 Å². The number of hydrogen-bond acceptors (Lipinski definition) is 4. The quantitative estimate of drug-likeness (QED) is 0.783. The van der Waals surface area contributed by atoms with E-state index >= 15 is 0 Å². The van der Waals surface area contributed by atoms with Crippen LogP contribution < -0.4 is 5.32 Å². The molecule has 4 heteroatoms. The Labute approximate surface area is 130 Å². The normalized spacial score (nSPS) is 31.7. The molecule has 1 saturated heterocycles. The molecule has 0 amide bonds. The molecule has 1 unspecified atom stereocenters. The van der Waals surface area contributed by atoms with Crippen molar-refractivity contribution in [1.82, 2.24) is 10.2 Å². The van der Waals surface area contributed by atoms with E-state index in [9.17, 15) is 0 Å². The van der Waals surface area contributed by atoms with Crippen molar-refractivity contribution >= 4 is 0 Å². The summed E-state index contributed by atoms with van der Waals surface area (Å²) >= 11 is 0. The summed E-state index contributed by atoms with van der Waals surface area (Å²) in [7, 11) is 0. The molecular weight excluding hydrogens is 264 g/mol. The Hall–Kier alpha value is -0.160. The minimum atomic E-state index is 0.261. The molecule has 1 saturated carbocycles. The van der Waals surface area contributed by atoms with Gasteiger partial charge in [0.15, 0.2) is 0 Å². The molecule has 0 radical (unpaired) electrons. The Morgan fingerprint density at radius 3 is 2.67 bits per heavy atom. The van der Waals surface area contributed by atoms with Crippen molar-refractivity contribution in [3.05, 3.63) is 0 Å². The third kappa shape index (κ3) is 5.85. The van der Waals surface area contributed by atoms with Gasteiger partial charge in [-0.1, -0.05) is 6.92 Å². The second-order valence-electron chi connectivity index (χ2n) is 6.84. The van der Waals surface area contributed by atoms with Gasteiger partial charge in [-0.25, -0.2) is 0 Å². The highest BCUT2D eigenvalue weighted by Crippen LogP contribution is 2.22. The zero-order valence-corrected chi connectivity index (χ0v) is 14.1. The maximum absolute atomic E-state index is 6.12. The first-order chi connectivity index (χ1) is 10.2. The van der Waals surface area contributed by atoms with Gasteiger partial charge < -0.3 is 14.8 Å². The fraction of sp³-hybridized carbons (Fsp3) is 1.00. The molecule has 2 fully saturated rings. The van der Waals surface area contributed by atoms with E-state index in [4.69, 9.17) is 9.47 Å². The summed E-state index contributed by atoms with van der Waals surface area (Å²) in [5.41, 5.74) is 0. The molecule has 4 nitrogen and oxygen atoms in total. The second-order valence-corrected chi connectivity index (χ2v) is 6.84. The largest absolute Gasteiger partial charge is 0.375 e. The maximum Gasteiger partial charge on any atom is 0.0935 e. The van der Waals surface area contributed by atoms with Crippen LogP contribution in [-0.2, 0) is 9.47 Å². The molecule has 0 aromatic heterocycles. The van der Waals surface area contributed by atoms with Crippen LogP contribution in [-0.4, -0.2) is 62.0 Å². The fourth-order valence-electron chi connectivity index (χ4n) is 3.34.